The van der Waals surface area contributed by atoms with E-state index in [1.165, 1.54) is 25.7 Å². The van der Waals surface area contributed by atoms with E-state index in [1.807, 2.05) is 20.0 Å². The zero-order valence-electron chi connectivity index (χ0n) is 10.9. The van der Waals surface area contributed by atoms with Crippen LogP contribution in [0.15, 0.2) is 15.6 Å². The topological polar surface area (TPSA) is 50.4 Å². The standard InChI is InChI=1S/C13H24BrN3/c1-3-12(14)13(16-2)17-9-11-6-4-10(8-15)5-7-11/h3,10-11H,4-9,15H2,1-2H3,(H,16,17)/b12-3+. The van der Waals surface area contributed by atoms with Crippen molar-refractivity contribution in [2.24, 2.45) is 22.6 Å². The third-order valence-electron chi connectivity index (χ3n) is 3.56. The Kier molecular flexibility index (Phi) is 6.82. The van der Waals surface area contributed by atoms with Crippen molar-refractivity contribution in [3.8, 4) is 0 Å². The van der Waals surface area contributed by atoms with Gasteiger partial charge in [0.15, 0.2) is 0 Å². The van der Waals surface area contributed by atoms with Gasteiger partial charge < -0.3 is 11.1 Å². The van der Waals surface area contributed by atoms with E-state index in [-0.39, 0.29) is 0 Å². The molecule has 1 aliphatic carbocycles. The minimum absolute atomic E-state index is 0.757. The van der Waals surface area contributed by atoms with Crippen LogP contribution in [0.1, 0.15) is 32.6 Å². The van der Waals surface area contributed by atoms with Gasteiger partial charge in [-0.05, 0) is 66.9 Å². The van der Waals surface area contributed by atoms with Crippen LogP contribution >= 0.6 is 15.9 Å². The van der Waals surface area contributed by atoms with Crippen LogP contribution in [0.3, 0.4) is 0 Å². The van der Waals surface area contributed by atoms with Crippen LogP contribution in [0.5, 0.6) is 0 Å². The summed E-state index contributed by atoms with van der Waals surface area (Å²) in [4.78, 5) is 4.24. The zero-order chi connectivity index (χ0) is 12.7. The predicted molar refractivity (Wildman–Crippen MR) is 78.5 cm³/mol. The van der Waals surface area contributed by atoms with Crippen LogP contribution in [0, 0.1) is 11.8 Å². The number of halogens is 1. The molecular formula is C13H24BrN3. The van der Waals surface area contributed by atoms with Crippen LogP contribution in [-0.2, 0) is 0 Å². The van der Waals surface area contributed by atoms with Crippen LogP contribution in [-0.4, -0.2) is 26.0 Å². The fourth-order valence-corrected chi connectivity index (χ4v) is 2.64. The van der Waals surface area contributed by atoms with Gasteiger partial charge in [0.1, 0.15) is 5.84 Å². The largest absolute Gasteiger partial charge is 0.369 e. The molecule has 0 saturated heterocycles. The summed E-state index contributed by atoms with van der Waals surface area (Å²) < 4.78 is 1.04. The van der Waals surface area contributed by atoms with Gasteiger partial charge in [0, 0.05) is 13.6 Å². The summed E-state index contributed by atoms with van der Waals surface area (Å²) in [6, 6.07) is 0. The van der Waals surface area contributed by atoms with Gasteiger partial charge in [0.25, 0.3) is 0 Å². The molecule has 98 valence electrons. The number of amidine groups is 1. The van der Waals surface area contributed by atoms with Crippen molar-refractivity contribution in [3.05, 3.63) is 10.6 Å². The number of allylic oxidation sites excluding steroid dienone is 1. The van der Waals surface area contributed by atoms with Crippen molar-refractivity contribution in [2.45, 2.75) is 32.6 Å². The normalized spacial score (nSPS) is 27.1. The molecule has 0 aliphatic heterocycles. The van der Waals surface area contributed by atoms with E-state index in [0.29, 0.717) is 0 Å². The highest BCUT2D eigenvalue weighted by Gasteiger charge is 2.20. The van der Waals surface area contributed by atoms with E-state index in [9.17, 15) is 0 Å². The molecule has 0 amide bonds. The first-order chi connectivity index (χ1) is 8.21. The molecule has 0 atom stereocenters. The van der Waals surface area contributed by atoms with E-state index in [0.717, 1.165) is 35.2 Å². The SMILES string of the molecule is C/C=C(/Br)C(=NC)NCC1CCC(CN)CC1. The highest BCUT2D eigenvalue weighted by molar-refractivity contribution is 9.12. The Morgan fingerprint density at radius 2 is 1.94 bits per heavy atom. The van der Waals surface area contributed by atoms with Gasteiger partial charge in [-0.1, -0.05) is 6.08 Å². The van der Waals surface area contributed by atoms with E-state index in [1.54, 1.807) is 0 Å². The van der Waals surface area contributed by atoms with E-state index < -0.39 is 0 Å². The number of nitrogens with two attached hydrogens (primary N) is 1. The molecule has 0 aromatic heterocycles. The predicted octanol–water partition coefficient (Wildman–Crippen LogP) is 2.67. The van der Waals surface area contributed by atoms with Crippen molar-refractivity contribution in [1.29, 1.82) is 0 Å². The molecule has 0 aromatic rings. The molecule has 1 aliphatic rings. The van der Waals surface area contributed by atoms with Gasteiger partial charge in [0.05, 0.1) is 4.48 Å². The van der Waals surface area contributed by atoms with Crippen LogP contribution in [0.4, 0.5) is 0 Å². The molecule has 0 aromatic carbocycles. The lowest BCUT2D eigenvalue weighted by atomic mass is 9.82. The first-order valence-electron chi connectivity index (χ1n) is 6.44. The van der Waals surface area contributed by atoms with Crippen LogP contribution < -0.4 is 11.1 Å². The highest BCUT2D eigenvalue weighted by atomic mass is 79.9. The maximum atomic E-state index is 5.70. The van der Waals surface area contributed by atoms with Gasteiger partial charge in [-0.25, -0.2) is 0 Å². The summed E-state index contributed by atoms with van der Waals surface area (Å²) in [6.07, 6.45) is 7.16. The summed E-state index contributed by atoms with van der Waals surface area (Å²) in [6.45, 7) is 3.88. The Bertz CT molecular complexity index is 278. The van der Waals surface area contributed by atoms with E-state index in [2.05, 4.69) is 26.2 Å². The Labute approximate surface area is 113 Å². The van der Waals surface area contributed by atoms with Crippen molar-refractivity contribution >= 4 is 21.8 Å². The summed E-state index contributed by atoms with van der Waals surface area (Å²) >= 11 is 3.50. The van der Waals surface area contributed by atoms with Gasteiger partial charge in [0.2, 0.25) is 0 Å². The minimum Gasteiger partial charge on any atom is -0.369 e. The van der Waals surface area contributed by atoms with Crippen molar-refractivity contribution < 1.29 is 0 Å². The number of hydrogen-bond acceptors (Lipinski definition) is 2. The van der Waals surface area contributed by atoms with Gasteiger partial charge in [-0.2, -0.15) is 0 Å². The molecule has 1 saturated carbocycles. The average Bonchev–Trinajstić information content (AvgIpc) is 2.39. The Hall–Kier alpha value is -0.350. The third-order valence-corrected chi connectivity index (χ3v) is 4.39. The second kappa shape index (κ2) is 7.88. The molecule has 3 N–H and O–H groups in total. The molecule has 0 unspecified atom stereocenters. The monoisotopic (exact) mass is 301 g/mol. The molecule has 0 spiro atoms. The molecule has 1 rings (SSSR count). The molecule has 17 heavy (non-hydrogen) atoms. The highest BCUT2D eigenvalue weighted by Crippen LogP contribution is 2.27. The average molecular weight is 302 g/mol. The first-order valence-corrected chi connectivity index (χ1v) is 7.23. The number of aliphatic imine (C=N–C) groups is 1. The maximum absolute atomic E-state index is 5.70. The van der Waals surface area contributed by atoms with Crippen molar-refractivity contribution in [3.63, 3.8) is 0 Å². The quantitative estimate of drug-likeness (QED) is 0.619. The van der Waals surface area contributed by atoms with Gasteiger partial charge >= 0.3 is 0 Å². The Balaban J connectivity index is 2.32. The summed E-state index contributed by atoms with van der Waals surface area (Å²) in [5.41, 5.74) is 5.70. The summed E-state index contributed by atoms with van der Waals surface area (Å²) in [5, 5.41) is 3.43. The smallest absolute Gasteiger partial charge is 0.134 e. The molecule has 3 nitrogen and oxygen atoms in total. The first kappa shape index (κ1) is 14.7. The van der Waals surface area contributed by atoms with Crippen LogP contribution in [0.2, 0.25) is 0 Å². The molecule has 0 heterocycles. The number of hydrogen-bond donors (Lipinski definition) is 2. The second-order valence-electron chi connectivity index (χ2n) is 4.71. The number of rotatable bonds is 4. The third kappa shape index (κ3) is 4.80. The number of nitrogens with zero attached hydrogens (tertiary/aromatic N) is 1. The van der Waals surface area contributed by atoms with E-state index in [4.69, 9.17) is 5.73 Å². The molecular weight excluding hydrogens is 278 g/mol. The van der Waals surface area contributed by atoms with Gasteiger partial charge in [-0.3, -0.25) is 4.99 Å². The van der Waals surface area contributed by atoms with Gasteiger partial charge in [-0.15, -0.1) is 0 Å². The van der Waals surface area contributed by atoms with Crippen molar-refractivity contribution in [1.82, 2.24) is 5.32 Å². The Morgan fingerprint density at radius 3 is 2.41 bits per heavy atom. The molecule has 1 fully saturated rings. The molecule has 0 bridgehead atoms. The maximum Gasteiger partial charge on any atom is 0.134 e. The lowest BCUT2D eigenvalue weighted by Gasteiger charge is -2.28. The summed E-state index contributed by atoms with van der Waals surface area (Å²) in [7, 11) is 1.82. The fraction of sp³-hybridized carbons (Fsp3) is 0.769. The lowest BCUT2D eigenvalue weighted by Crippen LogP contribution is -2.32. The van der Waals surface area contributed by atoms with Crippen LogP contribution in [0.25, 0.3) is 0 Å². The minimum atomic E-state index is 0.757. The molecule has 4 heteroatoms. The zero-order valence-corrected chi connectivity index (χ0v) is 12.5. The van der Waals surface area contributed by atoms with E-state index >= 15 is 0 Å². The Morgan fingerprint density at radius 1 is 1.35 bits per heavy atom. The molecule has 0 radical (unpaired) electrons. The number of nitrogens with one attached hydrogen (secondary N) is 1. The van der Waals surface area contributed by atoms with Crippen molar-refractivity contribution in [2.75, 3.05) is 20.1 Å². The lowest BCUT2D eigenvalue weighted by molar-refractivity contribution is 0.280. The fourth-order valence-electron chi connectivity index (χ4n) is 2.32. The second-order valence-corrected chi connectivity index (χ2v) is 5.57. The summed E-state index contributed by atoms with van der Waals surface area (Å²) in [5.74, 6) is 2.48.